The first-order valence-electron chi connectivity index (χ1n) is 12.3. The summed E-state index contributed by atoms with van der Waals surface area (Å²) >= 11 is 3.76. The van der Waals surface area contributed by atoms with Gasteiger partial charge in [0.1, 0.15) is 5.75 Å². The van der Waals surface area contributed by atoms with E-state index < -0.39 is 0 Å². The van der Waals surface area contributed by atoms with E-state index in [-0.39, 0.29) is 5.75 Å². The van der Waals surface area contributed by atoms with Gasteiger partial charge in [0.25, 0.3) is 0 Å². The lowest BCUT2D eigenvalue weighted by atomic mass is 9.96. The van der Waals surface area contributed by atoms with Crippen LogP contribution in [0.25, 0.3) is 44.0 Å². The minimum absolute atomic E-state index is 0.103. The molecule has 1 aliphatic heterocycles. The molecule has 7 nitrogen and oxygen atoms in total. The molecule has 0 amide bonds. The normalized spacial score (nSPS) is 13.6. The smallest absolute Gasteiger partial charge is 0.221 e. The van der Waals surface area contributed by atoms with Crippen molar-refractivity contribution < 1.29 is 9.84 Å². The minimum Gasteiger partial charge on any atom is -0.507 e. The molecule has 0 aliphatic carbocycles. The zero-order chi connectivity index (χ0) is 26.2. The number of hydrogen-bond acceptors (Lipinski definition) is 5. The van der Waals surface area contributed by atoms with Crippen molar-refractivity contribution in [1.82, 2.24) is 14.8 Å². The summed E-state index contributed by atoms with van der Waals surface area (Å²) in [6.45, 7) is 13.2. The Morgan fingerprint density at radius 1 is 1.00 bits per heavy atom. The molecule has 1 fully saturated rings. The molecule has 5 aromatic rings. The Labute approximate surface area is 228 Å². The van der Waals surface area contributed by atoms with Crippen LogP contribution in [-0.2, 0) is 4.74 Å². The summed E-state index contributed by atoms with van der Waals surface area (Å²) in [4.78, 5) is 11.3. The van der Waals surface area contributed by atoms with E-state index in [0.717, 1.165) is 45.6 Å². The molecule has 188 valence electrons. The molecule has 1 aliphatic rings. The molecule has 1 N–H and O–H groups in total. The van der Waals surface area contributed by atoms with Crippen LogP contribution in [0.5, 0.6) is 5.75 Å². The Morgan fingerprint density at radius 2 is 1.74 bits per heavy atom. The first-order valence-corrected chi connectivity index (χ1v) is 13.1. The molecule has 6 rings (SSSR count). The molecule has 3 heterocycles. The highest BCUT2D eigenvalue weighted by Gasteiger charge is 2.25. The summed E-state index contributed by atoms with van der Waals surface area (Å²) in [6, 6.07) is 23.0. The lowest BCUT2D eigenvalue weighted by Gasteiger charge is -2.29. The number of aromatic hydroxyl groups is 1. The number of phenols is 1. The topological polar surface area (TPSA) is 67.8 Å². The molecule has 38 heavy (non-hydrogen) atoms. The van der Waals surface area contributed by atoms with Gasteiger partial charge in [-0.2, -0.15) is 5.10 Å². The van der Waals surface area contributed by atoms with Crippen molar-refractivity contribution in [3.8, 4) is 33.8 Å². The van der Waals surface area contributed by atoms with Crippen LogP contribution in [-0.4, -0.2) is 46.2 Å². The quantitative estimate of drug-likeness (QED) is 0.239. The largest absolute Gasteiger partial charge is 0.507 e. The monoisotopic (exact) mass is 565 g/mol. The Hall–Kier alpha value is -4.19. The first-order chi connectivity index (χ1) is 18.6. The van der Waals surface area contributed by atoms with Crippen molar-refractivity contribution >= 4 is 38.3 Å². The Balaban J connectivity index is 1.64. The number of ether oxygens (including phenoxy) is 1. The van der Waals surface area contributed by atoms with Crippen molar-refractivity contribution in [3.05, 3.63) is 94.4 Å². The molecule has 0 spiro atoms. The van der Waals surface area contributed by atoms with E-state index in [9.17, 15) is 5.11 Å². The number of hydrogen-bond donors (Lipinski definition) is 1. The number of anilines is 1. The van der Waals surface area contributed by atoms with E-state index in [0.29, 0.717) is 41.4 Å². The van der Waals surface area contributed by atoms with Crippen LogP contribution in [0.2, 0.25) is 0 Å². The Bertz CT molecular complexity index is 1700. The van der Waals surface area contributed by atoms with Crippen molar-refractivity contribution in [2.75, 3.05) is 31.2 Å². The van der Waals surface area contributed by atoms with Gasteiger partial charge >= 0.3 is 0 Å². The number of rotatable bonds is 4. The van der Waals surface area contributed by atoms with Gasteiger partial charge in [0.2, 0.25) is 5.69 Å². The maximum Gasteiger partial charge on any atom is 0.221 e. The number of benzene rings is 3. The SMILES string of the molecule is [C-]#[N+]c1c(-c2ccc(N3CCOCC3)c(Br)c2)nc2c(c(C)nn2-c2ccccc2)c1-c1ccccc1O. The summed E-state index contributed by atoms with van der Waals surface area (Å²) in [7, 11) is 0. The van der Waals surface area contributed by atoms with E-state index >= 15 is 0 Å². The van der Waals surface area contributed by atoms with Crippen LogP contribution in [0.1, 0.15) is 5.69 Å². The highest BCUT2D eigenvalue weighted by molar-refractivity contribution is 9.10. The molecular weight excluding hydrogens is 542 g/mol. The van der Waals surface area contributed by atoms with Crippen LogP contribution in [0.15, 0.2) is 77.3 Å². The van der Waals surface area contributed by atoms with Gasteiger partial charge in [-0.1, -0.05) is 42.5 Å². The third-order valence-electron chi connectivity index (χ3n) is 6.82. The van der Waals surface area contributed by atoms with Gasteiger partial charge in [-0.15, -0.1) is 0 Å². The number of fused-ring (bicyclic) bond motifs is 1. The fraction of sp³-hybridized carbons (Fsp3) is 0.167. The van der Waals surface area contributed by atoms with E-state index in [1.165, 1.54) is 0 Å². The van der Waals surface area contributed by atoms with Crippen molar-refractivity contribution in [3.63, 3.8) is 0 Å². The number of aromatic nitrogens is 3. The van der Waals surface area contributed by atoms with Crippen LogP contribution in [0.4, 0.5) is 11.4 Å². The van der Waals surface area contributed by atoms with Crippen LogP contribution in [0, 0.1) is 13.5 Å². The number of phenolic OH excluding ortho intramolecular Hbond substituents is 1. The molecule has 2 aromatic heterocycles. The second-order valence-electron chi connectivity index (χ2n) is 9.11. The average Bonchev–Trinajstić information content (AvgIpc) is 3.29. The fourth-order valence-corrected chi connectivity index (χ4v) is 5.66. The highest BCUT2D eigenvalue weighted by atomic mass is 79.9. The van der Waals surface area contributed by atoms with E-state index in [2.05, 4.69) is 31.7 Å². The molecule has 3 aromatic carbocycles. The number of morpholine rings is 1. The van der Waals surface area contributed by atoms with Gasteiger partial charge in [-0.25, -0.2) is 14.5 Å². The van der Waals surface area contributed by atoms with Gasteiger partial charge in [-0.05, 0) is 58.7 Å². The number of para-hydroxylation sites is 2. The molecule has 0 unspecified atom stereocenters. The Kier molecular flexibility index (Phi) is 6.32. The summed E-state index contributed by atoms with van der Waals surface area (Å²) in [5, 5.41) is 16.4. The molecule has 0 saturated carbocycles. The fourth-order valence-electron chi connectivity index (χ4n) is 5.03. The summed E-state index contributed by atoms with van der Waals surface area (Å²) in [5.41, 5.74) is 6.23. The number of nitrogens with zero attached hydrogens (tertiary/aromatic N) is 5. The highest BCUT2D eigenvalue weighted by Crippen LogP contribution is 2.47. The summed E-state index contributed by atoms with van der Waals surface area (Å²) in [6.07, 6.45) is 0. The van der Waals surface area contributed by atoms with Crippen molar-refractivity contribution in [1.29, 1.82) is 0 Å². The molecular formula is C30H24BrN5O2. The summed E-state index contributed by atoms with van der Waals surface area (Å²) < 4.78 is 8.24. The Morgan fingerprint density at radius 3 is 2.45 bits per heavy atom. The third-order valence-corrected chi connectivity index (χ3v) is 7.46. The van der Waals surface area contributed by atoms with Crippen molar-refractivity contribution in [2.24, 2.45) is 0 Å². The van der Waals surface area contributed by atoms with E-state index in [1.54, 1.807) is 12.1 Å². The second-order valence-corrected chi connectivity index (χ2v) is 9.96. The van der Waals surface area contributed by atoms with Crippen LogP contribution < -0.4 is 4.90 Å². The van der Waals surface area contributed by atoms with E-state index in [1.807, 2.05) is 66.2 Å². The van der Waals surface area contributed by atoms with E-state index in [4.69, 9.17) is 21.4 Å². The zero-order valence-corrected chi connectivity index (χ0v) is 22.3. The standard InChI is InChI=1S/C30H24BrN5O2/c1-19-26-27(22-10-6-7-11-25(22)37)29(32-2)28(33-30(26)36(34-19)21-8-4-3-5-9-21)20-12-13-24(23(31)18-20)35-14-16-38-17-15-35/h3-13,18,37H,14-17H2,1H3. The maximum absolute atomic E-state index is 10.9. The van der Waals surface area contributed by atoms with Gasteiger partial charge in [0.05, 0.1) is 42.5 Å². The van der Waals surface area contributed by atoms with Gasteiger partial charge in [0, 0.05) is 34.1 Å². The molecule has 0 bridgehead atoms. The number of aryl methyl sites for hydroxylation is 1. The predicted molar refractivity (Wildman–Crippen MR) is 153 cm³/mol. The van der Waals surface area contributed by atoms with Crippen molar-refractivity contribution in [2.45, 2.75) is 6.92 Å². The molecule has 1 saturated heterocycles. The lowest BCUT2D eigenvalue weighted by molar-refractivity contribution is 0.122. The van der Waals surface area contributed by atoms with Crippen LogP contribution >= 0.6 is 15.9 Å². The first kappa shape index (κ1) is 24.2. The second kappa shape index (κ2) is 9.93. The maximum atomic E-state index is 10.9. The molecule has 0 atom stereocenters. The number of pyridine rings is 1. The van der Waals surface area contributed by atoms with Gasteiger partial charge in [-0.3, -0.25) is 0 Å². The predicted octanol–water partition coefficient (Wildman–Crippen LogP) is 6.92. The molecule has 8 heteroatoms. The van der Waals surface area contributed by atoms with Gasteiger partial charge in [0.15, 0.2) is 5.65 Å². The van der Waals surface area contributed by atoms with Crippen LogP contribution in [0.3, 0.4) is 0 Å². The lowest BCUT2D eigenvalue weighted by Crippen LogP contribution is -2.36. The minimum atomic E-state index is 0.103. The average molecular weight is 566 g/mol. The summed E-state index contributed by atoms with van der Waals surface area (Å²) in [5.74, 6) is 0.103. The third kappa shape index (κ3) is 4.10. The van der Waals surface area contributed by atoms with Gasteiger partial charge < -0.3 is 14.7 Å². The molecule has 0 radical (unpaired) electrons. The number of halogens is 1. The zero-order valence-electron chi connectivity index (χ0n) is 20.7.